The van der Waals surface area contributed by atoms with E-state index in [9.17, 15) is 4.79 Å². The predicted octanol–water partition coefficient (Wildman–Crippen LogP) is 2.86. The van der Waals surface area contributed by atoms with Crippen LogP contribution in [-0.2, 0) is 6.42 Å². The summed E-state index contributed by atoms with van der Waals surface area (Å²) in [5.41, 5.74) is 9.09. The maximum atomic E-state index is 11.7. The summed E-state index contributed by atoms with van der Waals surface area (Å²) in [6.45, 7) is 0. The van der Waals surface area contributed by atoms with Crippen LogP contribution in [0.5, 0.6) is 0 Å². The molecule has 2 aromatic carbocycles. The van der Waals surface area contributed by atoms with Crippen LogP contribution in [0.15, 0.2) is 54.6 Å². The second-order valence-corrected chi connectivity index (χ2v) is 4.55. The van der Waals surface area contributed by atoms with Gasteiger partial charge in [0, 0.05) is 23.0 Å². The predicted molar refractivity (Wildman–Crippen MR) is 76.1 cm³/mol. The van der Waals surface area contributed by atoms with E-state index in [2.05, 4.69) is 4.98 Å². The summed E-state index contributed by atoms with van der Waals surface area (Å²) in [5, 5.41) is 0.890. The van der Waals surface area contributed by atoms with Crippen molar-refractivity contribution in [2.75, 3.05) is 0 Å². The summed E-state index contributed by atoms with van der Waals surface area (Å²) in [6, 6.07) is 17.8. The van der Waals surface area contributed by atoms with E-state index in [0.29, 0.717) is 12.0 Å². The zero-order valence-corrected chi connectivity index (χ0v) is 10.4. The summed E-state index contributed by atoms with van der Waals surface area (Å²) in [6.07, 6.45) is 0.674. The van der Waals surface area contributed by atoms with E-state index in [1.165, 1.54) is 0 Å². The third-order valence-electron chi connectivity index (χ3n) is 3.25. The molecule has 3 rings (SSSR count). The zero-order chi connectivity index (χ0) is 13.2. The highest BCUT2D eigenvalue weighted by molar-refractivity contribution is 6.07. The topological polar surface area (TPSA) is 58.9 Å². The summed E-state index contributed by atoms with van der Waals surface area (Å²) in [4.78, 5) is 15.0. The van der Waals surface area contributed by atoms with Gasteiger partial charge in [0.05, 0.1) is 5.56 Å². The second kappa shape index (κ2) is 4.61. The van der Waals surface area contributed by atoms with Gasteiger partial charge in [-0.25, -0.2) is 0 Å². The minimum Gasteiger partial charge on any atom is -0.366 e. The molecule has 0 radical (unpaired) electrons. The van der Waals surface area contributed by atoms with Gasteiger partial charge in [-0.3, -0.25) is 4.79 Å². The van der Waals surface area contributed by atoms with Crippen LogP contribution in [0.2, 0.25) is 0 Å². The van der Waals surface area contributed by atoms with Gasteiger partial charge in [0.15, 0.2) is 0 Å². The molecule has 0 saturated heterocycles. The van der Waals surface area contributed by atoms with Gasteiger partial charge in [-0.05, 0) is 11.6 Å². The number of benzene rings is 2. The summed E-state index contributed by atoms with van der Waals surface area (Å²) >= 11 is 0. The van der Waals surface area contributed by atoms with E-state index < -0.39 is 0 Å². The zero-order valence-electron chi connectivity index (χ0n) is 10.4. The Morgan fingerprint density at radius 2 is 1.68 bits per heavy atom. The van der Waals surface area contributed by atoms with Crippen molar-refractivity contribution < 1.29 is 4.79 Å². The van der Waals surface area contributed by atoms with E-state index in [1.807, 2.05) is 54.6 Å². The van der Waals surface area contributed by atoms with E-state index in [0.717, 1.165) is 22.2 Å². The third-order valence-corrected chi connectivity index (χ3v) is 3.25. The number of aromatic nitrogens is 1. The number of hydrogen-bond donors (Lipinski definition) is 2. The van der Waals surface area contributed by atoms with Crippen LogP contribution < -0.4 is 5.73 Å². The fourth-order valence-electron chi connectivity index (χ4n) is 2.41. The van der Waals surface area contributed by atoms with Crippen molar-refractivity contribution in [3.8, 4) is 0 Å². The summed E-state index contributed by atoms with van der Waals surface area (Å²) in [7, 11) is 0. The highest BCUT2D eigenvalue weighted by atomic mass is 16.1. The SMILES string of the molecule is NC(=O)c1c(Cc2ccccc2)[nH]c2ccccc12. The van der Waals surface area contributed by atoms with Gasteiger partial charge in [-0.15, -0.1) is 0 Å². The molecule has 94 valence electrons. The minimum absolute atomic E-state index is 0.386. The molecule has 3 heteroatoms. The van der Waals surface area contributed by atoms with Crippen LogP contribution in [-0.4, -0.2) is 10.9 Å². The number of aromatic amines is 1. The Labute approximate surface area is 111 Å². The van der Waals surface area contributed by atoms with Crippen molar-refractivity contribution in [1.82, 2.24) is 4.98 Å². The number of para-hydroxylation sites is 1. The van der Waals surface area contributed by atoms with E-state index in [1.54, 1.807) is 0 Å². The van der Waals surface area contributed by atoms with Crippen molar-refractivity contribution in [3.63, 3.8) is 0 Å². The molecule has 0 atom stereocenters. The number of nitrogens with two attached hydrogens (primary N) is 1. The normalized spacial score (nSPS) is 10.7. The molecule has 1 aromatic heterocycles. The van der Waals surface area contributed by atoms with Gasteiger partial charge >= 0.3 is 0 Å². The standard InChI is InChI=1S/C16H14N2O/c17-16(19)15-12-8-4-5-9-13(12)18-14(15)10-11-6-2-1-3-7-11/h1-9,18H,10H2,(H2,17,19). The number of carbonyl (C=O) groups is 1. The van der Waals surface area contributed by atoms with Gasteiger partial charge in [-0.2, -0.15) is 0 Å². The molecule has 3 N–H and O–H groups in total. The lowest BCUT2D eigenvalue weighted by Crippen LogP contribution is -2.13. The molecule has 0 aliphatic heterocycles. The van der Waals surface area contributed by atoms with E-state index in [4.69, 9.17) is 5.73 Å². The lowest BCUT2D eigenvalue weighted by atomic mass is 10.0. The van der Waals surface area contributed by atoms with Crippen molar-refractivity contribution in [2.24, 2.45) is 5.73 Å². The number of hydrogen-bond acceptors (Lipinski definition) is 1. The van der Waals surface area contributed by atoms with Crippen molar-refractivity contribution in [2.45, 2.75) is 6.42 Å². The number of rotatable bonds is 3. The Kier molecular flexibility index (Phi) is 2.80. The number of nitrogens with one attached hydrogen (secondary N) is 1. The average Bonchev–Trinajstić information content (AvgIpc) is 2.77. The number of carbonyl (C=O) groups excluding carboxylic acids is 1. The molecule has 0 aliphatic carbocycles. The van der Waals surface area contributed by atoms with Gasteiger partial charge in [0.2, 0.25) is 0 Å². The molecule has 1 amide bonds. The maximum Gasteiger partial charge on any atom is 0.251 e. The first-order chi connectivity index (χ1) is 9.25. The Bertz CT molecular complexity index is 729. The number of H-pyrrole nitrogens is 1. The molecule has 3 aromatic rings. The van der Waals surface area contributed by atoms with Crippen molar-refractivity contribution in [3.05, 3.63) is 71.4 Å². The maximum absolute atomic E-state index is 11.7. The Morgan fingerprint density at radius 1 is 1.00 bits per heavy atom. The van der Waals surface area contributed by atoms with Crippen molar-refractivity contribution >= 4 is 16.8 Å². The average molecular weight is 250 g/mol. The summed E-state index contributed by atoms with van der Waals surface area (Å²) in [5.74, 6) is -0.386. The molecule has 0 unspecified atom stereocenters. The first kappa shape index (κ1) is 11.5. The van der Waals surface area contributed by atoms with Crippen LogP contribution in [0.4, 0.5) is 0 Å². The Morgan fingerprint density at radius 3 is 2.42 bits per heavy atom. The lowest BCUT2D eigenvalue weighted by molar-refractivity contribution is 0.100. The number of amides is 1. The molecule has 0 fully saturated rings. The molecule has 3 nitrogen and oxygen atoms in total. The second-order valence-electron chi connectivity index (χ2n) is 4.55. The van der Waals surface area contributed by atoms with E-state index in [-0.39, 0.29) is 5.91 Å². The first-order valence-electron chi connectivity index (χ1n) is 6.19. The highest BCUT2D eigenvalue weighted by Crippen LogP contribution is 2.23. The summed E-state index contributed by atoms with van der Waals surface area (Å²) < 4.78 is 0. The van der Waals surface area contributed by atoms with Crippen LogP contribution in [0, 0.1) is 0 Å². The van der Waals surface area contributed by atoms with Crippen LogP contribution in [0.1, 0.15) is 21.6 Å². The molecule has 0 bridgehead atoms. The lowest BCUT2D eigenvalue weighted by Gasteiger charge is -2.01. The number of fused-ring (bicyclic) bond motifs is 1. The fraction of sp³-hybridized carbons (Fsp3) is 0.0625. The van der Waals surface area contributed by atoms with Crippen molar-refractivity contribution in [1.29, 1.82) is 0 Å². The third kappa shape index (κ3) is 2.10. The quantitative estimate of drug-likeness (QED) is 0.737. The van der Waals surface area contributed by atoms with Crippen LogP contribution in [0.3, 0.4) is 0 Å². The smallest absolute Gasteiger partial charge is 0.251 e. The monoisotopic (exact) mass is 250 g/mol. The Balaban J connectivity index is 2.13. The van der Waals surface area contributed by atoms with Gasteiger partial charge in [0.25, 0.3) is 5.91 Å². The minimum atomic E-state index is -0.386. The first-order valence-corrected chi connectivity index (χ1v) is 6.19. The largest absolute Gasteiger partial charge is 0.366 e. The molecule has 0 spiro atoms. The molecule has 1 heterocycles. The molecule has 0 saturated carbocycles. The Hall–Kier alpha value is -2.55. The van der Waals surface area contributed by atoms with Gasteiger partial charge in [0.1, 0.15) is 0 Å². The van der Waals surface area contributed by atoms with Gasteiger partial charge < -0.3 is 10.7 Å². The molecule has 19 heavy (non-hydrogen) atoms. The number of primary amides is 1. The fourth-order valence-corrected chi connectivity index (χ4v) is 2.41. The highest BCUT2D eigenvalue weighted by Gasteiger charge is 2.15. The molecule has 0 aliphatic rings. The molecular weight excluding hydrogens is 236 g/mol. The van der Waals surface area contributed by atoms with Crippen LogP contribution >= 0.6 is 0 Å². The van der Waals surface area contributed by atoms with Gasteiger partial charge in [-0.1, -0.05) is 48.5 Å². The van der Waals surface area contributed by atoms with E-state index >= 15 is 0 Å². The van der Waals surface area contributed by atoms with Crippen LogP contribution in [0.25, 0.3) is 10.9 Å². The molecular formula is C16H14N2O.